The number of carbonyl (C=O) groups is 1. The van der Waals surface area contributed by atoms with Crippen LogP contribution in [-0.2, 0) is 16.1 Å². The SMILES string of the molecule is COC(=O)C(NCc1cc(Cl)c2c(c1)OCCCO2)c1ccccc1Cl. The molecule has 0 bridgehead atoms. The van der Waals surface area contributed by atoms with E-state index in [1.54, 1.807) is 18.2 Å². The van der Waals surface area contributed by atoms with Crippen molar-refractivity contribution < 1.29 is 19.0 Å². The molecule has 0 amide bonds. The lowest BCUT2D eigenvalue weighted by Crippen LogP contribution is -2.29. The smallest absolute Gasteiger partial charge is 0.327 e. The van der Waals surface area contributed by atoms with E-state index < -0.39 is 12.0 Å². The van der Waals surface area contributed by atoms with Gasteiger partial charge in [0.05, 0.1) is 25.3 Å². The summed E-state index contributed by atoms with van der Waals surface area (Å²) in [5.41, 5.74) is 1.52. The summed E-state index contributed by atoms with van der Waals surface area (Å²) >= 11 is 12.6. The number of halogens is 2. The van der Waals surface area contributed by atoms with Gasteiger partial charge in [-0.3, -0.25) is 5.32 Å². The lowest BCUT2D eigenvalue weighted by atomic mass is 10.1. The van der Waals surface area contributed by atoms with E-state index in [9.17, 15) is 4.79 Å². The Balaban J connectivity index is 1.81. The largest absolute Gasteiger partial charge is 0.489 e. The van der Waals surface area contributed by atoms with Gasteiger partial charge in [-0.15, -0.1) is 0 Å². The molecule has 2 aromatic carbocycles. The molecule has 0 saturated heterocycles. The molecule has 1 aliphatic heterocycles. The third kappa shape index (κ3) is 4.23. The van der Waals surface area contributed by atoms with Gasteiger partial charge in [-0.05, 0) is 29.3 Å². The summed E-state index contributed by atoms with van der Waals surface area (Å²) in [4.78, 5) is 12.2. The van der Waals surface area contributed by atoms with E-state index in [-0.39, 0.29) is 0 Å². The van der Waals surface area contributed by atoms with Gasteiger partial charge in [0.15, 0.2) is 11.5 Å². The first-order valence-corrected chi connectivity index (χ1v) is 8.99. The van der Waals surface area contributed by atoms with Crippen LogP contribution in [0, 0.1) is 0 Å². The third-order valence-corrected chi connectivity index (χ3v) is 4.65. The highest BCUT2D eigenvalue weighted by molar-refractivity contribution is 6.32. The minimum absolute atomic E-state index is 0.376. The van der Waals surface area contributed by atoms with Gasteiger partial charge in [0, 0.05) is 18.0 Å². The average Bonchev–Trinajstić information content (AvgIpc) is 2.89. The Hall–Kier alpha value is -1.95. The van der Waals surface area contributed by atoms with Gasteiger partial charge in [0.2, 0.25) is 0 Å². The molecule has 0 saturated carbocycles. The third-order valence-electron chi connectivity index (χ3n) is 4.03. The first kappa shape index (κ1) is 18.8. The molecule has 1 heterocycles. The number of hydrogen-bond donors (Lipinski definition) is 1. The predicted octanol–water partition coefficient (Wildman–Crippen LogP) is 4.16. The van der Waals surface area contributed by atoms with Crippen molar-refractivity contribution in [3.05, 3.63) is 57.6 Å². The Kier molecular flexibility index (Phi) is 6.25. The zero-order chi connectivity index (χ0) is 18.5. The van der Waals surface area contributed by atoms with Crippen LogP contribution in [0.15, 0.2) is 36.4 Å². The molecular weight excluding hydrogens is 377 g/mol. The van der Waals surface area contributed by atoms with Gasteiger partial charge in [0.25, 0.3) is 0 Å². The summed E-state index contributed by atoms with van der Waals surface area (Å²) in [6, 6.07) is 10.1. The number of hydrogen-bond acceptors (Lipinski definition) is 5. The second-order valence-electron chi connectivity index (χ2n) is 5.81. The Morgan fingerprint density at radius 1 is 1.19 bits per heavy atom. The van der Waals surface area contributed by atoms with Crippen molar-refractivity contribution in [2.75, 3.05) is 20.3 Å². The molecule has 7 heteroatoms. The lowest BCUT2D eigenvalue weighted by Gasteiger charge is -2.19. The first-order chi connectivity index (χ1) is 12.6. The van der Waals surface area contributed by atoms with Crippen LogP contribution in [0.5, 0.6) is 11.5 Å². The fourth-order valence-electron chi connectivity index (χ4n) is 2.75. The van der Waals surface area contributed by atoms with Crippen molar-refractivity contribution in [1.29, 1.82) is 0 Å². The predicted molar refractivity (Wildman–Crippen MR) is 100 cm³/mol. The van der Waals surface area contributed by atoms with Crippen LogP contribution in [0.25, 0.3) is 0 Å². The summed E-state index contributed by atoms with van der Waals surface area (Å²) in [5.74, 6) is 0.751. The van der Waals surface area contributed by atoms with E-state index in [1.165, 1.54) is 7.11 Å². The summed E-state index contributed by atoms with van der Waals surface area (Å²) in [6.07, 6.45) is 0.801. The van der Waals surface area contributed by atoms with Crippen LogP contribution >= 0.6 is 23.2 Å². The fraction of sp³-hybridized carbons (Fsp3) is 0.316. The van der Waals surface area contributed by atoms with Crippen LogP contribution in [-0.4, -0.2) is 26.3 Å². The van der Waals surface area contributed by atoms with E-state index in [4.69, 9.17) is 37.4 Å². The molecule has 2 aromatic rings. The van der Waals surface area contributed by atoms with Gasteiger partial charge < -0.3 is 14.2 Å². The fourth-order valence-corrected chi connectivity index (χ4v) is 3.29. The minimum atomic E-state index is -0.691. The van der Waals surface area contributed by atoms with Gasteiger partial charge in [-0.2, -0.15) is 0 Å². The number of fused-ring (bicyclic) bond motifs is 1. The van der Waals surface area contributed by atoms with E-state index >= 15 is 0 Å². The number of rotatable bonds is 5. The summed E-state index contributed by atoms with van der Waals surface area (Å²) in [7, 11) is 1.35. The highest BCUT2D eigenvalue weighted by Crippen LogP contribution is 2.38. The number of carbonyl (C=O) groups excluding carboxylic acids is 1. The molecule has 138 valence electrons. The number of esters is 1. The molecule has 0 fully saturated rings. The lowest BCUT2D eigenvalue weighted by molar-refractivity contribution is -0.143. The van der Waals surface area contributed by atoms with Crippen LogP contribution < -0.4 is 14.8 Å². The highest BCUT2D eigenvalue weighted by atomic mass is 35.5. The van der Waals surface area contributed by atoms with Gasteiger partial charge in [0.1, 0.15) is 6.04 Å². The maximum absolute atomic E-state index is 12.2. The average molecular weight is 396 g/mol. The standard InChI is InChI=1S/C19H19Cl2NO4/c1-24-19(23)17(13-5-2-3-6-14(13)20)22-11-12-9-15(21)18-16(10-12)25-7-4-8-26-18/h2-3,5-6,9-10,17,22H,4,7-8,11H2,1H3. The Labute approximate surface area is 162 Å². The second kappa shape index (κ2) is 8.62. The van der Waals surface area contributed by atoms with E-state index in [1.807, 2.05) is 18.2 Å². The minimum Gasteiger partial charge on any atom is -0.489 e. The number of nitrogens with one attached hydrogen (secondary N) is 1. The maximum Gasteiger partial charge on any atom is 0.327 e. The molecule has 0 radical (unpaired) electrons. The quantitative estimate of drug-likeness (QED) is 0.770. The van der Waals surface area contributed by atoms with Crippen molar-refractivity contribution in [3.63, 3.8) is 0 Å². The molecule has 0 aliphatic carbocycles. The van der Waals surface area contributed by atoms with Crippen molar-refractivity contribution in [3.8, 4) is 11.5 Å². The molecule has 1 aliphatic rings. The molecule has 26 heavy (non-hydrogen) atoms. The zero-order valence-corrected chi connectivity index (χ0v) is 15.8. The van der Waals surface area contributed by atoms with Crippen LogP contribution in [0.2, 0.25) is 10.0 Å². The molecule has 5 nitrogen and oxygen atoms in total. The second-order valence-corrected chi connectivity index (χ2v) is 6.63. The monoisotopic (exact) mass is 395 g/mol. The first-order valence-electron chi connectivity index (χ1n) is 8.24. The maximum atomic E-state index is 12.2. The molecule has 0 spiro atoms. The molecular formula is C19H19Cl2NO4. The van der Waals surface area contributed by atoms with Gasteiger partial charge in [-0.1, -0.05) is 41.4 Å². The van der Waals surface area contributed by atoms with E-state index in [2.05, 4.69) is 5.32 Å². The molecule has 1 atom stereocenters. The summed E-state index contributed by atoms with van der Waals surface area (Å²) < 4.78 is 16.2. The molecule has 0 aromatic heterocycles. The Morgan fingerprint density at radius 2 is 1.96 bits per heavy atom. The van der Waals surface area contributed by atoms with Crippen molar-refractivity contribution >= 4 is 29.2 Å². The molecule has 3 rings (SSSR count). The van der Waals surface area contributed by atoms with E-state index in [0.29, 0.717) is 46.9 Å². The van der Waals surface area contributed by atoms with Gasteiger partial charge in [-0.25, -0.2) is 4.79 Å². The number of benzene rings is 2. The number of ether oxygens (including phenoxy) is 3. The summed E-state index contributed by atoms with van der Waals surface area (Å²) in [5, 5.41) is 4.15. The highest BCUT2D eigenvalue weighted by Gasteiger charge is 2.23. The van der Waals surface area contributed by atoms with Crippen LogP contribution in [0.4, 0.5) is 0 Å². The van der Waals surface area contributed by atoms with Crippen LogP contribution in [0.1, 0.15) is 23.6 Å². The van der Waals surface area contributed by atoms with Crippen LogP contribution in [0.3, 0.4) is 0 Å². The van der Waals surface area contributed by atoms with Gasteiger partial charge >= 0.3 is 5.97 Å². The van der Waals surface area contributed by atoms with E-state index in [0.717, 1.165) is 12.0 Å². The van der Waals surface area contributed by atoms with Crippen molar-refractivity contribution in [2.24, 2.45) is 0 Å². The normalized spacial score (nSPS) is 14.4. The zero-order valence-electron chi connectivity index (χ0n) is 14.3. The Morgan fingerprint density at radius 3 is 2.73 bits per heavy atom. The van der Waals surface area contributed by atoms with Crippen molar-refractivity contribution in [2.45, 2.75) is 19.0 Å². The topological polar surface area (TPSA) is 56.8 Å². The summed E-state index contributed by atoms with van der Waals surface area (Å²) in [6.45, 7) is 1.52. The van der Waals surface area contributed by atoms with Crippen molar-refractivity contribution in [1.82, 2.24) is 5.32 Å². The molecule has 1 unspecified atom stereocenters. The Bertz CT molecular complexity index is 797. The number of methoxy groups -OCH3 is 1. The molecule has 1 N–H and O–H groups in total.